The van der Waals surface area contributed by atoms with Gasteiger partial charge in [-0.3, -0.25) is 0 Å². The lowest BCUT2D eigenvalue weighted by Crippen LogP contribution is -1.94. The second kappa shape index (κ2) is 4.39. The summed E-state index contributed by atoms with van der Waals surface area (Å²) in [4.78, 5) is 19.8. The normalized spacial score (nSPS) is 11.2. The number of carboxylic acid groups (broad SMARTS) is 1. The molecule has 4 rings (SSSR count). The molecule has 0 aliphatic heterocycles. The maximum Gasteiger partial charge on any atom is 0.335 e. The molecule has 6 heteroatoms. The number of para-hydroxylation sites is 1. The van der Waals surface area contributed by atoms with E-state index in [1.165, 1.54) is 23.5 Å². The Balaban J connectivity index is 1.87. The third kappa shape index (κ3) is 1.96. The van der Waals surface area contributed by atoms with Crippen LogP contribution < -0.4 is 0 Å². The first-order valence-electron chi connectivity index (χ1n) is 6.20. The number of aromatic nitrogens is 2. The molecule has 2 heterocycles. The van der Waals surface area contributed by atoms with Gasteiger partial charge in [0.1, 0.15) is 5.52 Å². The van der Waals surface area contributed by atoms with Crippen molar-refractivity contribution in [2.45, 2.75) is 0 Å². The summed E-state index contributed by atoms with van der Waals surface area (Å²) in [5.41, 5.74) is 2.14. The Bertz CT molecular complexity index is 954. The first-order chi connectivity index (χ1) is 10.2. The van der Waals surface area contributed by atoms with Crippen LogP contribution in [0.4, 0.5) is 0 Å². The van der Waals surface area contributed by atoms with Crippen LogP contribution in [0.1, 0.15) is 10.4 Å². The fourth-order valence-electron chi connectivity index (χ4n) is 2.11. The van der Waals surface area contributed by atoms with Crippen LogP contribution in [0.15, 0.2) is 46.9 Å². The van der Waals surface area contributed by atoms with Crippen LogP contribution in [-0.4, -0.2) is 21.0 Å². The molecule has 0 aliphatic carbocycles. The molecule has 4 aromatic rings. The Morgan fingerprint density at radius 1 is 1.10 bits per heavy atom. The average Bonchev–Trinajstić information content (AvgIpc) is 3.09. The van der Waals surface area contributed by atoms with Crippen LogP contribution >= 0.6 is 11.3 Å². The van der Waals surface area contributed by atoms with Gasteiger partial charge in [0.15, 0.2) is 10.6 Å². The van der Waals surface area contributed by atoms with Gasteiger partial charge in [-0.25, -0.2) is 14.8 Å². The predicted octanol–water partition coefficient (Wildman–Crippen LogP) is 3.80. The Morgan fingerprint density at radius 2 is 1.95 bits per heavy atom. The number of rotatable bonds is 2. The van der Waals surface area contributed by atoms with E-state index in [0.29, 0.717) is 22.0 Å². The van der Waals surface area contributed by atoms with E-state index in [4.69, 9.17) is 9.52 Å². The van der Waals surface area contributed by atoms with Crippen molar-refractivity contribution >= 4 is 38.6 Å². The number of carbonyl (C=O) groups is 1. The summed E-state index contributed by atoms with van der Waals surface area (Å²) in [5.74, 6) is -0.580. The van der Waals surface area contributed by atoms with E-state index in [0.717, 1.165) is 10.2 Å². The van der Waals surface area contributed by atoms with Crippen molar-refractivity contribution in [3.63, 3.8) is 0 Å². The van der Waals surface area contributed by atoms with Gasteiger partial charge in [-0.2, -0.15) is 0 Å². The van der Waals surface area contributed by atoms with Gasteiger partial charge in [-0.1, -0.05) is 12.1 Å². The molecule has 1 N–H and O–H groups in total. The van der Waals surface area contributed by atoms with Gasteiger partial charge in [0.25, 0.3) is 5.89 Å². The van der Waals surface area contributed by atoms with Crippen LogP contribution in [0, 0.1) is 0 Å². The SMILES string of the molecule is O=C(O)c1ccc2nc(-c3nc4ccccc4s3)oc2c1. The van der Waals surface area contributed by atoms with Gasteiger partial charge in [-0.05, 0) is 30.3 Å². The highest BCUT2D eigenvalue weighted by Crippen LogP contribution is 2.31. The fourth-order valence-corrected chi connectivity index (χ4v) is 3.00. The van der Waals surface area contributed by atoms with Crippen LogP contribution in [0.2, 0.25) is 0 Å². The molecule has 0 saturated carbocycles. The highest BCUT2D eigenvalue weighted by Gasteiger charge is 2.14. The van der Waals surface area contributed by atoms with Crippen LogP contribution in [0.25, 0.3) is 32.2 Å². The second-order valence-electron chi connectivity index (χ2n) is 4.49. The third-order valence-corrected chi connectivity index (χ3v) is 4.14. The zero-order chi connectivity index (χ0) is 14.4. The number of aromatic carboxylic acids is 1. The number of benzene rings is 2. The number of hydrogen-bond acceptors (Lipinski definition) is 5. The number of hydrogen-bond donors (Lipinski definition) is 1. The molecule has 0 fully saturated rings. The van der Waals surface area contributed by atoms with Gasteiger partial charge in [0, 0.05) is 0 Å². The largest absolute Gasteiger partial charge is 0.478 e. The minimum absolute atomic E-state index is 0.175. The maximum absolute atomic E-state index is 11.0. The Hall–Kier alpha value is -2.73. The summed E-state index contributed by atoms with van der Waals surface area (Å²) in [5, 5.41) is 9.68. The van der Waals surface area contributed by atoms with Crippen LogP contribution in [0.5, 0.6) is 0 Å². The summed E-state index contributed by atoms with van der Waals surface area (Å²) in [6.45, 7) is 0. The molecule has 0 aliphatic rings. The molecule has 2 aromatic heterocycles. The number of carboxylic acids is 1. The third-order valence-electron chi connectivity index (χ3n) is 3.11. The smallest absolute Gasteiger partial charge is 0.335 e. The van der Waals surface area contributed by atoms with E-state index >= 15 is 0 Å². The number of oxazole rings is 1. The Morgan fingerprint density at radius 3 is 2.76 bits per heavy atom. The van der Waals surface area contributed by atoms with E-state index in [9.17, 15) is 4.79 Å². The number of thiazole rings is 1. The molecule has 0 spiro atoms. The van der Waals surface area contributed by atoms with Crippen molar-refractivity contribution in [1.82, 2.24) is 9.97 Å². The van der Waals surface area contributed by atoms with Crippen molar-refractivity contribution in [1.29, 1.82) is 0 Å². The molecule has 102 valence electrons. The predicted molar refractivity (Wildman–Crippen MR) is 79.6 cm³/mol. The van der Waals surface area contributed by atoms with Gasteiger partial charge < -0.3 is 9.52 Å². The second-order valence-corrected chi connectivity index (χ2v) is 5.52. The number of nitrogens with zero attached hydrogens (tertiary/aromatic N) is 2. The molecule has 0 radical (unpaired) electrons. The first-order valence-corrected chi connectivity index (χ1v) is 7.02. The summed E-state index contributed by atoms with van der Waals surface area (Å²) in [7, 11) is 0. The van der Waals surface area contributed by atoms with Crippen molar-refractivity contribution < 1.29 is 14.3 Å². The van der Waals surface area contributed by atoms with E-state index in [1.54, 1.807) is 6.07 Å². The van der Waals surface area contributed by atoms with Crippen LogP contribution in [-0.2, 0) is 0 Å². The molecule has 21 heavy (non-hydrogen) atoms. The number of fused-ring (bicyclic) bond motifs is 2. The van der Waals surface area contributed by atoms with E-state index in [1.807, 2.05) is 24.3 Å². The summed E-state index contributed by atoms with van der Waals surface area (Å²) in [6, 6.07) is 12.4. The first kappa shape index (κ1) is 12.0. The molecule has 2 aromatic carbocycles. The van der Waals surface area contributed by atoms with Gasteiger partial charge in [0.2, 0.25) is 0 Å². The Labute approximate surface area is 122 Å². The van der Waals surface area contributed by atoms with Crippen molar-refractivity contribution in [3.8, 4) is 10.9 Å². The van der Waals surface area contributed by atoms with E-state index in [-0.39, 0.29) is 5.56 Å². The molecule has 0 unspecified atom stereocenters. The van der Waals surface area contributed by atoms with Gasteiger partial charge in [-0.15, -0.1) is 11.3 Å². The fraction of sp³-hybridized carbons (Fsp3) is 0. The highest BCUT2D eigenvalue weighted by atomic mass is 32.1. The maximum atomic E-state index is 11.0. The summed E-state index contributed by atoms with van der Waals surface area (Å²) >= 11 is 1.49. The van der Waals surface area contributed by atoms with Crippen LogP contribution in [0.3, 0.4) is 0 Å². The summed E-state index contributed by atoms with van der Waals surface area (Å²) < 4.78 is 6.70. The lowest BCUT2D eigenvalue weighted by Gasteiger charge is -1.91. The quantitative estimate of drug-likeness (QED) is 0.609. The molecule has 0 amide bonds. The van der Waals surface area contributed by atoms with Crippen molar-refractivity contribution in [2.24, 2.45) is 0 Å². The standard InChI is InChI=1S/C15H8N2O3S/c18-15(19)8-5-6-9-11(7-8)20-13(16-9)14-17-10-3-1-2-4-12(10)21-14/h1-7H,(H,18,19). The van der Waals surface area contributed by atoms with Crippen molar-refractivity contribution in [3.05, 3.63) is 48.0 Å². The zero-order valence-electron chi connectivity index (χ0n) is 10.6. The topological polar surface area (TPSA) is 76.2 Å². The molecule has 0 saturated heterocycles. The molecule has 0 atom stereocenters. The van der Waals surface area contributed by atoms with Gasteiger partial charge in [0.05, 0.1) is 15.8 Å². The molecule has 5 nitrogen and oxygen atoms in total. The lowest BCUT2D eigenvalue weighted by atomic mass is 10.2. The summed E-state index contributed by atoms with van der Waals surface area (Å²) in [6.07, 6.45) is 0. The van der Waals surface area contributed by atoms with Crippen molar-refractivity contribution in [2.75, 3.05) is 0 Å². The monoisotopic (exact) mass is 296 g/mol. The highest BCUT2D eigenvalue weighted by molar-refractivity contribution is 7.21. The minimum atomic E-state index is -0.991. The van der Waals surface area contributed by atoms with E-state index in [2.05, 4.69) is 9.97 Å². The lowest BCUT2D eigenvalue weighted by molar-refractivity contribution is 0.0697. The molecular weight excluding hydrogens is 288 g/mol. The minimum Gasteiger partial charge on any atom is -0.478 e. The molecule has 0 bridgehead atoms. The molecular formula is C15H8N2O3S. The Kier molecular flexibility index (Phi) is 2.52. The zero-order valence-corrected chi connectivity index (χ0v) is 11.4. The van der Waals surface area contributed by atoms with Gasteiger partial charge >= 0.3 is 5.97 Å². The average molecular weight is 296 g/mol. The van der Waals surface area contributed by atoms with E-state index < -0.39 is 5.97 Å².